The van der Waals surface area contributed by atoms with Gasteiger partial charge in [-0.3, -0.25) is 14.5 Å². The third-order valence-corrected chi connectivity index (χ3v) is 7.95. The third kappa shape index (κ3) is 3.59. The zero-order valence-electron chi connectivity index (χ0n) is 17.9. The molecule has 4 amide bonds. The van der Waals surface area contributed by atoms with E-state index in [4.69, 9.17) is 5.10 Å². The molecule has 3 aliphatic rings. The summed E-state index contributed by atoms with van der Waals surface area (Å²) in [7, 11) is 0. The van der Waals surface area contributed by atoms with Crippen LogP contribution < -0.4 is 5.32 Å². The van der Waals surface area contributed by atoms with Gasteiger partial charge < -0.3 is 5.32 Å². The van der Waals surface area contributed by atoms with Crippen molar-refractivity contribution in [1.29, 1.82) is 0 Å². The van der Waals surface area contributed by atoms with Crippen LogP contribution in [0.3, 0.4) is 0 Å². The summed E-state index contributed by atoms with van der Waals surface area (Å²) in [5.74, 6) is -0.634. The van der Waals surface area contributed by atoms with E-state index in [-0.39, 0.29) is 24.4 Å². The van der Waals surface area contributed by atoms with Gasteiger partial charge in [0.25, 0.3) is 11.8 Å². The van der Waals surface area contributed by atoms with E-state index in [1.165, 1.54) is 9.89 Å². The number of hydrogen-bond acceptors (Lipinski definition) is 6. The highest BCUT2D eigenvalue weighted by Crippen LogP contribution is 2.45. The molecule has 2 fully saturated rings. The molecule has 166 valence electrons. The van der Waals surface area contributed by atoms with Gasteiger partial charge in [0, 0.05) is 15.7 Å². The van der Waals surface area contributed by atoms with E-state index in [2.05, 4.69) is 17.5 Å². The zero-order chi connectivity index (χ0) is 22.5. The number of fused-ring (bicyclic) bond motifs is 1. The quantitative estimate of drug-likeness (QED) is 0.681. The maximum Gasteiger partial charge on any atom is 0.325 e. The van der Waals surface area contributed by atoms with Gasteiger partial charge in [-0.15, -0.1) is 22.7 Å². The number of hydrogen-bond donors (Lipinski definition) is 1. The molecule has 0 aromatic carbocycles. The first-order valence-corrected chi connectivity index (χ1v) is 12.4. The summed E-state index contributed by atoms with van der Waals surface area (Å²) >= 11 is 3.28. The Morgan fingerprint density at radius 2 is 2.03 bits per heavy atom. The number of thiophene rings is 2. The van der Waals surface area contributed by atoms with E-state index in [1.807, 2.05) is 29.0 Å². The van der Waals surface area contributed by atoms with Gasteiger partial charge in [0.05, 0.1) is 11.8 Å². The molecule has 7 nitrogen and oxygen atoms in total. The molecular formula is C23H24N4O3S2. The number of nitrogens with zero attached hydrogens (tertiary/aromatic N) is 3. The lowest BCUT2D eigenvalue weighted by molar-refractivity contribution is -0.139. The highest BCUT2D eigenvalue weighted by molar-refractivity contribution is 7.11. The topological polar surface area (TPSA) is 82.1 Å². The number of carbonyl (C=O) groups excluding carboxylic acids is 3. The summed E-state index contributed by atoms with van der Waals surface area (Å²) in [4.78, 5) is 41.6. The van der Waals surface area contributed by atoms with Crippen LogP contribution in [0.15, 0.2) is 45.7 Å². The Morgan fingerprint density at radius 3 is 2.69 bits per heavy atom. The van der Waals surface area contributed by atoms with E-state index in [1.54, 1.807) is 36.5 Å². The predicted molar refractivity (Wildman–Crippen MR) is 125 cm³/mol. The van der Waals surface area contributed by atoms with Gasteiger partial charge in [-0.2, -0.15) is 5.10 Å². The van der Waals surface area contributed by atoms with E-state index < -0.39 is 17.5 Å². The molecule has 4 heterocycles. The van der Waals surface area contributed by atoms with Crippen molar-refractivity contribution in [2.75, 3.05) is 6.54 Å². The zero-order valence-corrected chi connectivity index (χ0v) is 19.5. The number of amides is 4. The largest absolute Gasteiger partial charge is 0.325 e. The second-order valence-electron chi connectivity index (χ2n) is 8.81. The molecule has 32 heavy (non-hydrogen) atoms. The second kappa shape index (κ2) is 7.97. The molecule has 2 aliphatic heterocycles. The lowest BCUT2D eigenvalue weighted by atomic mass is 9.79. The Labute approximate surface area is 194 Å². The fourth-order valence-corrected chi connectivity index (χ4v) is 6.22. The van der Waals surface area contributed by atoms with Gasteiger partial charge in [-0.25, -0.2) is 9.80 Å². The Hall–Kier alpha value is -2.78. The van der Waals surface area contributed by atoms with Crippen LogP contribution in [0.1, 0.15) is 48.9 Å². The number of imide groups is 1. The van der Waals surface area contributed by atoms with Crippen LogP contribution in [-0.2, 0) is 9.59 Å². The van der Waals surface area contributed by atoms with Crippen LogP contribution in [0.25, 0.3) is 6.08 Å². The van der Waals surface area contributed by atoms with E-state index in [0.29, 0.717) is 0 Å². The monoisotopic (exact) mass is 468 g/mol. The highest BCUT2D eigenvalue weighted by Gasteiger charge is 2.48. The maximum atomic E-state index is 13.4. The molecule has 2 unspecified atom stereocenters. The number of urea groups is 1. The molecule has 0 spiro atoms. The van der Waals surface area contributed by atoms with Gasteiger partial charge >= 0.3 is 6.03 Å². The van der Waals surface area contributed by atoms with Crippen LogP contribution >= 0.6 is 22.7 Å². The molecular weight excluding hydrogens is 444 g/mol. The Morgan fingerprint density at radius 1 is 1.25 bits per heavy atom. The molecule has 0 radical (unpaired) electrons. The summed E-state index contributed by atoms with van der Waals surface area (Å²) in [6.07, 6.45) is 5.08. The van der Waals surface area contributed by atoms with Gasteiger partial charge in [-0.1, -0.05) is 12.1 Å². The third-order valence-electron chi connectivity index (χ3n) is 6.19. The Bertz CT molecular complexity index is 1120. The number of rotatable bonds is 4. The summed E-state index contributed by atoms with van der Waals surface area (Å²) in [6, 6.07) is 7.36. The van der Waals surface area contributed by atoms with Crippen LogP contribution in [-0.4, -0.2) is 45.5 Å². The predicted octanol–water partition coefficient (Wildman–Crippen LogP) is 4.26. The molecule has 1 aliphatic carbocycles. The van der Waals surface area contributed by atoms with Gasteiger partial charge in [-0.05, 0) is 67.7 Å². The molecule has 2 atom stereocenters. The number of carbonyl (C=O) groups is 3. The lowest BCUT2D eigenvalue weighted by Crippen LogP contribution is -2.43. The van der Waals surface area contributed by atoms with E-state index >= 15 is 0 Å². The number of allylic oxidation sites excluding steroid dienone is 1. The van der Waals surface area contributed by atoms with Crippen molar-refractivity contribution in [1.82, 2.24) is 15.2 Å². The van der Waals surface area contributed by atoms with Crippen molar-refractivity contribution >= 4 is 52.3 Å². The van der Waals surface area contributed by atoms with Crippen LogP contribution in [0.4, 0.5) is 4.79 Å². The van der Waals surface area contributed by atoms with Crippen molar-refractivity contribution in [3.63, 3.8) is 0 Å². The minimum atomic E-state index is -1.01. The smallest absolute Gasteiger partial charge is 0.324 e. The van der Waals surface area contributed by atoms with Crippen molar-refractivity contribution in [2.24, 2.45) is 11.0 Å². The minimum Gasteiger partial charge on any atom is -0.324 e. The first-order valence-electron chi connectivity index (χ1n) is 10.7. The minimum absolute atomic E-state index is 0.108. The summed E-state index contributed by atoms with van der Waals surface area (Å²) in [5, 5.41) is 13.0. The van der Waals surface area contributed by atoms with E-state index in [0.717, 1.165) is 40.3 Å². The van der Waals surface area contributed by atoms with Crippen molar-refractivity contribution < 1.29 is 14.4 Å². The summed E-state index contributed by atoms with van der Waals surface area (Å²) in [6.45, 7) is 2.96. The first-order chi connectivity index (χ1) is 15.3. The maximum absolute atomic E-state index is 13.4. The molecule has 9 heteroatoms. The SMILES string of the molecule is CC1(C)NC(=O)N(CC(=O)N2N=C3C(=Cc4cccs4)CCCC3C2c2cccs2)C1=O. The summed E-state index contributed by atoms with van der Waals surface area (Å²) in [5.41, 5.74) is 1.11. The van der Waals surface area contributed by atoms with Crippen LogP contribution in [0, 0.1) is 5.92 Å². The highest BCUT2D eigenvalue weighted by atomic mass is 32.1. The van der Waals surface area contributed by atoms with Crippen molar-refractivity contribution in [2.45, 2.75) is 44.7 Å². The van der Waals surface area contributed by atoms with Crippen molar-refractivity contribution in [3.8, 4) is 0 Å². The molecule has 1 saturated carbocycles. The Kier molecular flexibility index (Phi) is 5.25. The first kappa shape index (κ1) is 21.1. The van der Waals surface area contributed by atoms with Gasteiger partial charge in [0.1, 0.15) is 12.1 Å². The molecule has 1 saturated heterocycles. The normalized spacial score (nSPS) is 25.8. The number of hydrazone groups is 1. The van der Waals surface area contributed by atoms with E-state index in [9.17, 15) is 14.4 Å². The fourth-order valence-electron chi connectivity index (χ4n) is 4.66. The summed E-state index contributed by atoms with van der Waals surface area (Å²) < 4.78 is 0. The van der Waals surface area contributed by atoms with Crippen molar-refractivity contribution in [3.05, 3.63) is 50.4 Å². The molecule has 2 aromatic rings. The average Bonchev–Trinajstić information content (AvgIpc) is 3.52. The van der Waals surface area contributed by atoms with Gasteiger partial charge in [0.15, 0.2) is 0 Å². The molecule has 5 rings (SSSR count). The molecule has 1 N–H and O–H groups in total. The number of nitrogens with one attached hydrogen (secondary N) is 1. The van der Waals surface area contributed by atoms with Gasteiger partial charge in [0.2, 0.25) is 0 Å². The fraction of sp³-hybridized carbons (Fsp3) is 0.391. The Balaban J connectivity index is 1.48. The van der Waals surface area contributed by atoms with Crippen LogP contribution in [0.2, 0.25) is 0 Å². The standard InChI is InChI=1S/C23H24N4O3S2/c1-23(2)21(29)26(22(30)24-23)13-18(28)27-20(17-9-5-11-32-17)16-8-3-6-14(19(16)25-27)12-15-7-4-10-31-15/h4-5,7,9-12,16,20H,3,6,8,13H2,1-2H3,(H,24,30). The second-order valence-corrected chi connectivity index (χ2v) is 10.8. The lowest BCUT2D eigenvalue weighted by Gasteiger charge is -2.29. The molecule has 0 bridgehead atoms. The average molecular weight is 469 g/mol. The molecule has 2 aromatic heterocycles. The van der Waals surface area contributed by atoms with Crippen LogP contribution in [0.5, 0.6) is 0 Å².